The fourth-order valence-electron chi connectivity index (χ4n) is 3.74. The number of carbonyl (C=O) groups excluding carboxylic acids is 1. The Morgan fingerprint density at radius 2 is 2.13 bits per heavy atom. The van der Waals surface area contributed by atoms with Crippen LogP contribution in [0.15, 0.2) is 6.20 Å². The van der Waals surface area contributed by atoms with Crippen molar-refractivity contribution in [3.8, 4) is 0 Å². The summed E-state index contributed by atoms with van der Waals surface area (Å²) in [6, 6.07) is 0. The predicted octanol–water partition coefficient (Wildman–Crippen LogP) is 0.717. The van der Waals surface area contributed by atoms with Gasteiger partial charge in [0.05, 0.1) is 0 Å². The number of carboxylic acids is 1. The number of nitrogens with zero attached hydrogens (tertiary/aromatic N) is 4. The Hall–Kier alpha value is -2.18. The van der Waals surface area contributed by atoms with Gasteiger partial charge in [0.2, 0.25) is 11.9 Å². The second-order valence-electron chi connectivity index (χ2n) is 6.59. The minimum Gasteiger partial charge on any atom is -0.481 e. The molecule has 0 spiro atoms. The van der Waals surface area contributed by atoms with Crippen molar-refractivity contribution in [3.63, 3.8) is 0 Å². The molecule has 124 valence electrons. The van der Waals surface area contributed by atoms with Crippen LogP contribution in [0.25, 0.3) is 0 Å². The molecule has 1 amide bonds. The minimum absolute atomic E-state index is 0.0635. The van der Waals surface area contributed by atoms with Crippen LogP contribution in [0.4, 0.5) is 5.95 Å². The molecule has 0 saturated carbocycles. The van der Waals surface area contributed by atoms with Crippen LogP contribution >= 0.6 is 0 Å². The summed E-state index contributed by atoms with van der Waals surface area (Å²) in [4.78, 5) is 36.1. The number of fused-ring (bicyclic) bond motifs is 1. The minimum atomic E-state index is -0.910. The first-order valence-corrected chi connectivity index (χ1v) is 7.93. The van der Waals surface area contributed by atoms with Crippen LogP contribution in [0.1, 0.15) is 25.1 Å². The van der Waals surface area contributed by atoms with Gasteiger partial charge in [0, 0.05) is 50.9 Å². The number of hydrogen-bond acceptors (Lipinski definition) is 5. The van der Waals surface area contributed by atoms with Gasteiger partial charge in [-0.05, 0) is 18.9 Å². The molecule has 1 aromatic heterocycles. The number of hydrogen-bond donors (Lipinski definition) is 1. The summed E-state index contributed by atoms with van der Waals surface area (Å²) in [6.45, 7) is 7.19. The number of likely N-dealkylation sites (tertiary alicyclic amines) is 1. The third-order valence-corrected chi connectivity index (χ3v) is 5.16. The highest BCUT2D eigenvalue weighted by Gasteiger charge is 2.58. The van der Waals surface area contributed by atoms with Crippen molar-refractivity contribution >= 4 is 17.8 Å². The lowest BCUT2D eigenvalue weighted by Crippen LogP contribution is -2.42. The quantitative estimate of drug-likeness (QED) is 0.883. The molecule has 2 fully saturated rings. The molecule has 1 N–H and O–H groups in total. The molecular formula is C16H22N4O3. The standard InChI is InChI=1S/C16H22N4O3/c1-4-13-10(2)5-17-15(18-13)20-7-12-6-19(11(3)21)8-16(12,9-20)14(22)23/h5,12H,4,6-9H2,1-3H3,(H,22,23)/t12-,16-/m0/s1. The molecule has 3 rings (SSSR count). The smallest absolute Gasteiger partial charge is 0.313 e. The van der Waals surface area contributed by atoms with Gasteiger partial charge >= 0.3 is 5.97 Å². The Balaban J connectivity index is 1.88. The van der Waals surface area contributed by atoms with Crippen LogP contribution < -0.4 is 4.90 Å². The van der Waals surface area contributed by atoms with E-state index in [1.807, 2.05) is 18.7 Å². The molecular weight excluding hydrogens is 296 g/mol. The van der Waals surface area contributed by atoms with E-state index < -0.39 is 11.4 Å². The summed E-state index contributed by atoms with van der Waals surface area (Å²) in [5.74, 6) is -0.390. The highest BCUT2D eigenvalue weighted by Crippen LogP contribution is 2.43. The summed E-state index contributed by atoms with van der Waals surface area (Å²) in [5, 5.41) is 9.78. The molecule has 2 atom stereocenters. The molecule has 1 aromatic rings. The second kappa shape index (κ2) is 5.47. The molecule has 0 unspecified atom stereocenters. The second-order valence-corrected chi connectivity index (χ2v) is 6.59. The van der Waals surface area contributed by atoms with Crippen LogP contribution in [0.3, 0.4) is 0 Å². The van der Waals surface area contributed by atoms with E-state index in [4.69, 9.17) is 0 Å². The maximum atomic E-state index is 11.9. The molecule has 7 heteroatoms. The first-order valence-electron chi connectivity index (χ1n) is 7.93. The molecule has 7 nitrogen and oxygen atoms in total. The predicted molar refractivity (Wildman–Crippen MR) is 84.2 cm³/mol. The number of carbonyl (C=O) groups is 2. The van der Waals surface area contributed by atoms with Gasteiger partial charge in [-0.1, -0.05) is 6.92 Å². The van der Waals surface area contributed by atoms with E-state index in [-0.39, 0.29) is 18.4 Å². The molecule has 2 saturated heterocycles. The van der Waals surface area contributed by atoms with Crippen molar-refractivity contribution in [2.24, 2.45) is 11.3 Å². The Morgan fingerprint density at radius 3 is 2.70 bits per heavy atom. The van der Waals surface area contributed by atoms with Crippen LogP contribution in [-0.2, 0) is 16.0 Å². The van der Waals surface area contributed by atoms with Crippen LogP contribution in [0.2, 0.25) is 0 Å². The van der Waals surface area contributed by atoms with Crippen LogP contribution in [0.5, 0.6) is 0 Å². The maximum Gasteiger partial charge on any atom is 0.313 e. The van der Waals surface area contributed by atoms with Gasteiger partial charge in [-0.25, -0.2) is 9.97 Å². The third kappa shape index (κ3) is 2.44. The van der Waals surface area contributed by atoms with Crippen molar-refractivity contribution < 1.29 is 14.7 Å². The summed E-state index contributed by atoms with van der Waals surface area (Å²) in [6.07, 6.45) is 2.62. The van der Waals surface area contributed by atoms with Crippen molar-refractivity contribution in [2.45, 2.75) is 27.2 Å². The Kier molecular flexibility index (Phi) is 3.74. The normalized spacial score (nSPS) is 26.5. The van der Waals surface area contributed by atoms with Gasteiger partial charge in [-0.15, -0.1) is 0 Å². The zero-order valence-corrected chi connectivity index (χ0v) is 13.7. The molecule has 0 bridgehead atoms. The van der Waals surface area contributed by atoms with Crippen LogP contribution in [-0.4, -0.2) is 58.0 Å². The average molecular weight is 318 g/mol. The molecule has 0 aromatic carbocycles. The van der Waals surface area contributed by atoms with Gasteiger partial charge in [0.1, 0.15) is 5.41 Å². The van der Waals surface area contributed by atoms with E-state index in [0.717, 1.165) is 17.7 Å². The maximum absolute atomic E-state index is 11.9. The summed E-state index contributed by atoms with van der Waals surface area (Å²) in [5.41, 5.74) is 1.12. The van der Waals surface area contributed by atoms with Crippen molar-refractivity contribution in [2.75, 3.05) is 31.1 Å². The SMILES string of the molecule is CCc1nc(N2C[C@@H]3CN(C(C)=O)C[C@]3(C(=O)O)C2)ncc1C. The number of aromatic nitrogens is 2. The van der Waals surface area contributed by atoms with Crippen molar-refractivity contribution in [1.29, 1.82) is 0 Å². The number of anilines is 1. The lowest BCUT2D eigenvalue weighted by Gasteiger charge is -2.25. The first kappa shape index (κ1) is 15.7. The molecule has 23 heavy (non-hydrogen) atoms. The molecule has 3 heterocycles. The van der Waals surface area contributed by atoms with Gasteiger partial charge in [0.15, 0.2) is 0 Å². The van der Waals surface area contributed by atoms with Crippen molar-refractivity contribution in [1.82, 2.24) is 14.9 Å². The zero-order chi connectivity index (χ0) is 16.8. The highest BCUT2D eigenvalue weighted by molar-refractivity contribution is 5.81. The Labute approximate surface area is 135 Å². The van der Waals surface area contributed by atoms with E-state index in [2.05, 4.69) is 9.97 Å². The molecule has 2 aliphatic rings. The largest absolute Gasteiger partial charge is 0.481 e. The summed E-state index contributed by atoms with van der Waals surface area (Å²) in [7, 11) is 0. The van der Waals surface area contributed by atoms with Crippen molar-refractivity contribution in [3.05, 3.63) is 17.5 Å². The number of carboxylic acid groups (broad SMARTS) is 1. The summed E-state index contributed by atoms with van der Waals surface area (Å²) < 4.78 is 0. The number of rotatable bonds is 3. The van der Waals surface area contributed by atoms with E-state index in [9.17, 15) is 14.7 Å². The van der Waals surface area contributed by atoms with Gasteiger partial charge in [-0.3, -0.25) is 9.59 Å². The summed E-state index contributed by atoms with van der Waals surface area (Å²) >= 11 is 0. The van der Waals surface area contributed by atoms with E-state index in [0.29, 0.717) is 25.6 Å². The van der Waals surface area contributed by atoms with Gasteiger partial charge < -0.3 is 14.9 Å². The average Bonchev–Trinajstić information content (AvgIpc) is 3.03. The number of amides is 1. The fourth-order valence-corrected chi connectivity index (χ4v) is 3.74. The van der Waals surface area contributed by atoms with E-state index in [1.54, 1.807) is 11.1 Å². The van der Waals surface area contributed by atoms with E-state index >= 15 is 0 Å². The third-order valence-electron chi connectivity index (χ3n) is 5.16. The Morgan fingerprint density at radius 1 is 1.39 bits per heavy atom. The zero-order valence-electron chi connectivity index (χ0n) is 13.7. The lowest BCUT2D eigenvalue weighted by molar-refractivity contribution is -0.148. The number of aliphatic carboxylic acids is 1. The highest BCUT2D eigenvalue weighted by atomic mass is 16.4. The van der Waals surface area contributed by atoms with E-state index in [1.165, 1.54) is 6.92 Å². The van der Waals surface area contributed by atoms with Crippen LogP contribution in [0, 0.1) is 18.3 Å². The topological polar surface area (TPSA) is 86.6 Å². The van der Waals surface area contributed by atoms with Gasteiger partial charge in [0.25, 0.3) is 0 Å². The lowest BCUT2D eigenvalue weighted by atomic mass is 9.81. The molecule has 2 aliphatic heterocycles. The first-order chi connectivity index (χ1) is 10.9. The molecule has 0 radical (unpaired) electrons. The fraction of sp³-hybridized carbons (Fsp3) is 0.625. The Bertz CT molecular complexity index is 663. The number of aryl methyl sites for hydroxylation is 2. The van der Waals surface area contributed by atoms with Gasteiger partial charge in [-0.2, -0.15) is 0 Å². The molecule has 0 aliphatic carbocycles. The monoisotopic (exact) mass is 318 g/mol.